The van der Waals surface area contributed by atoms with Crippen molar-refractivity contribution in [2.75, 3.05) is 13.1 Å². The van der Waals surface area contributed by atoms with E-state index in [0.717, 1.165) is 10.9 Å². The quantitative estimate of drug-likeness (QED) is 0.830. The maximum Gasteiger partial charge on any atom is 0.0440 e. The van der Waals surface area contributed by atoms with Gasteiger partial charge in [0.1, 0.15) is 0 Å². The Morgan fingerprint density at radius 3 is 2.56 bits per heavy atom. The third-order valence-electron chi connectivity index (χ3n) is 3.65. The van der Waals surface area contributed by atoms with E-state index in [4.69, 9.17) is 11.6 Å². The van der Waals surface area contributed by atoms with Gasteiger partial charge in [-0.25, -0.2) is 0 Å². The van der Waals surface area contributed by atoms with Crippen LogP contribution >= 0.6 is 11.6 Å². The lowest BCUT2D eigenvalue weighted by Gasteiger charge is -2.23. The van der Waals surface area contributed by atoms with E-state index < -0.39 is 0 Å². The lowest BCUT2D eigenvalue weighted by molar-refractivity contribution is 0.372. The van der Waals surface area contributed by atoms with Gasteiger partial charge in [-0.1, -0.05) is 17.7 Å². The van der Waals surface area contributed by atoms with Crippen LogP contribution in [-0.4, -0.2) is 13.1 Å². The zero-order valence-corrected chi connectivity index (χ0v) is 10.9. The van der Waals surface area contributed by atoms with Crippen LogP contribution in [0.5, 0.6) is 0 Å². The Labute approximate surface area is 103 Å². The molecule has 0 radical (unpaired) electrons. The lowest BCUT2D eigenvalue weighted by atomic mass is 9.90. The summed E-state index contributed by atoms with van der Waals surface area (Å²) in [7, 11) is 0. The summed E-state index contributed by atoms with van der Waals surface area (Å²) < 4.78 is 0. The largest absolute Gasteiger partial charge is 0.317 e. The second-order valence-corrected chi connectivity index (χ2v) is 5.32. The summed E-state index contributed by atoms with van der Waals surface area (Å²) in [5, 5.41) is 4.33. The molecule has 1 heterocycles. The Hall–Kier alpha value is -0.530. The third kappa shape index (κ3) is 2.78. The van der Waals surface area contributed by atoms with Crippen LogP contribution in [0.4, 0.5) is 0 Å². The number of hydrogen-bond acceptors (Lipinski definition) is 1. The van der Waals surface area contributed by atoms with Crippen molar-refractivity contribution < 1.29 is 0 Å². The predicted molar refractivity (Wildman–Crippen MR) is 70.2 cm³/mol. The molecule has 1 fully saturated rings. The summed E-state index contributed by atoms with van der Waals surface area (Å²) in [5.41, 5.74) is 3.94. The summed E-state index contributed by atoms with van der Waals surface area (Å²) in [6.07, 6.45) is 3.78. The maximum absolute atomic E-state index is 6.22. The van der Waals surface area contributed by atoms with E-state index in [1.807, 2.05) is 0 Å². The highest BCUT2D eigenvalue weighted by Crippen LogP contribution is 2.24. The van der Waals surface area contributed by atoms with E-state index in [1.165, 1.54) is 49.0 Å². The van der Waals surface area contributed by atoms with E-state index in [1.54, 1.807) is 0 Å². The number of piperidine rings is 1. The van der Waals surface area contributed by atoms with Crippen molar-refractivity contribution in [2.45, 2.75) is 33.1 Å². The van der Waals surface area contributed by atoms with Gasteiger partial charge in [-0.2, -0.15) is 0 Å². The Kier molecular flexibility index (Phi) is 3.88. The van der Waals surface area contributed by atoms with Gasteiger partial charge in [0, 0.05) is 5.02 Å². The molecule has 1 aromatic carbocycles. The number of aryl methyl sites for hydroxylation is 1. The van der Waals surface area contributed by atoms with E-state index in [-0.39, 0.29) is 0 Å². The van der Waals surface area contributed by atoms with Gasteiger partial charge >= 0.3 is 0 Å². The van der Waals surface area contributed by atoms with Crippen molar-refractivity contribution in [3.8, 4) is 0 Å². The Bertz CT molecular complexity index is 344. The van der Waals surface area contributed by atoms with Crippen molar-refractivity contribution in [2.24, 2.45) is 5.92 Å². The van der Waals surface area contributed by atoms with Gasteiger partial charge in [0.25, 0.3) is 0 Å². The second-order valence-electron chi connectivity index (χ2n) is 4.92. The molecule has 1 N–H and O–H groups in total. The summed E-state index contributed by atoms with van der Waals surface area (Å²) in [5.74, 6) is 0.833. The van der Waals surface area contributed by atoms with Crippen LogP contribution in [0.15, 0.2) is 12.1 Å². The zero-order valence-electron chi connectivity index (χ0n) is 10.1. The molecule has 16 heavy (non-hydrogen) atoms. The van der Waals surface area contributed by atoms with Crippen LogP contribution in [0.3, 0.4) is 0 Å². The van der Waals surface area contributed by atoms with Gasteiger partial charge in [0.2, 0.25) is 0 Å². The van der Waals surface area contributed by atoms with Crippen LogP contribution < -0.4 is 5.32 Å². The van der Waals surface area contributed by atoms with E-state index in [0.29, 0.717) is 0 Å². The van der Waals surface area contributed by atoms with Crippen LogP contribution in [0.1, 0.15) is 29.5 Å². The Balaban J connectivity index is 2.09. The molecule has 1 aliphatic rings. The first-order valence-corrected chi connectivity index (χ1v) is 6.51. The molecule has 0 unspecified atom stereocenters. The normalized spacial score (nSPS) is 17.7. The molecule has 0 aliphatic carbocycles. The molecule has 1 aromatic rings. The minimum Gasteiger partial charge on any atom is -0.317 e. The topological polar surface area (TPSA) is 12.0 Å². The molecule has 1 aliphatic heterocycles. The first-order valence-electron chi connectivity index (χ1n) is 6.13. The standard InChI is InChI=1S/C14H20ClN/c1-10-7-13(9-14(15)11(10)2)8-12-3-5-16-6-4-12/h7,9,12,16H,3-6,8H2,1-2H3. The van der Waals surface area contributed by atoms with Crippen molar-refractivity contribution in [3.05, 3.63) is 33.8 Å². The summed E-state index contributed by atoms with van der Waals surface area (Å²) >= 11 is 6.22. The monoisotopic (exact) mass is 237 g/mol. The average Bonchev–Trinajstić information content (AvgIpc) is 2.27. The van der Waals surface area contributed by atoms with Gasteiger partial charge in [-0.05, 0) is 74.9 Å². The minimum atomic E-state index is 0.833. The summed E-state index contributed by atoms with van der Waals surface area (Å²) in [6, 6.07) is 4.44. The van der Waals surface area contributed by atoms with Crippen LogP contribution in [0, 0.1) is 19.8 Å². The number of nitrogens with one attached hydrogen (secondary N) is 1. The van der Waals surface area contributed by atoms with E-state index in [2.05, 4.69) is 31.3 Å². The van der Waals surface area contributed by atoms with Gasteiger partial charge in [0.05, 0.1) is 0 Å². The van der Waals surface area contributed by atoms with E-state index >= 15 is 0 Å². The highest BCUT2D eigenvalue weighted by Gasteiger charge is 2.14. The van der Waals surface area contributed by atoms with Gasteiger partial charge < -0.3 is 5.32 Å². The summed E-state index contributed by atoms with van der Waals surface area (Å²) in [6.45, 7) is 6.57. The third-order valence-corrected chi connectivity index (χ3v) is 4.04. The van der Waals surface area contributed by atoms with Crippen molar-refractivity contribution in [3.63, 3.8) is 0 Å². The maximum atomic E-state index is 6.22. The molecule has 0 spiro atoms. The molecular formula is C14H20ClN. The fourth-order valence-electron chi connectivity index (χ4n) is 2.42. The molecule has 2 heteroatoms. The first kappa shape index (κ1) is 11.9. The molecule has 1 saturated heterocycles. The molecule has 2 rings (SSSR count). The second kappa shape index (κ2) is 5.20. The zero-order chi connectivity index (χ0) is 11.5. The number of hydrogen-bond donors (Lipinski definition) is 1. The molecule has 1 nitrogen and oxygen atoms in total. The molecule has 0 atom stereocenters. The number of halogens is 1. The molecular weight excluding hydrogens is 218 g/mol. The smallest absolute Gasteiger partial charge is 0.0440 e. The van der Waals surface area contributed by atoms with Crippen LogP contribution in [0.2, 0.25) is 5.02 Å². The number of rotatable bonds is 2. The van der Waals surface area contributed by atoms with Gasteiger partial charge in [-0.3, -0.25) is 0 Å². The van der Waals surface area contributed by atoms with Crippen molar-refractivity contribution in [1.82, 2.24) is 5.32 Å². The molecule has 0 saturated carbocycles. The molecule has 0 aromatic heterocycles. The summed E-state index contributed by atoms with van der Waals surface area (Å²) in [4.78, 5) is 0. The Morgan fingerprint density at radius 2 is 1.94 bits per heavy atom. The molecule has 0 amide bonds. The number of benzene rings is 1. The highest BCUT2D eigenvalue weighted by molar-refractivity contribution is 6.31. The highest BCUT2D eigenvalue weighted by atomic mass is 35.5. The van der Waals surface area contributed by atoms with Gasteiger partial charge in [-0.15, -0.1) is 0 Å². The minimum absolute atomic E-state index is 0.833. The fraction of sp³-hybridized carbons (Fsp3) is 0.571. The van der Waals surface area contributed by atoms with Crippen LogP contribution in [-0.2, 0) is 6.42 Å². The molecule has 88 valence electrons. The van der Waals surface area contributed by atoms with E-state index in [9.17, 15) is 0 Å². The van der Waals surface area contributed by atoms with Crippen molar-refractivity contribution >= 4 is 11.6 Å². The average molecular weight is 238 g/mol. The fourth-order valence-corrected chi connectivity index (χ4v) is 2.71. The molecule has 0 bridgehead atoms. The van der Waals surface area contributed by atoms with Gasteiger partial charge in [0.15, 0.2) is 0 Å². The SMILES string of the molecule is Cc1cc(CC2CCNCC2)cc(Cl)c1C. The van der Waals surface area contributed by atoms with Crippen molar-refractivity contribution in [1.29, 1.82) is 0 Å². The lowest BCUT2D eigenvalue weighted by Crippen LogP contribution is -2.28. The first-order chi connectivity index (χ1) is 7.66. The Morgan fingerprint density at radius 1 is 1.25 bits per heavy atom. The van der Waals surface area contributed by atoms with Crippen LogP contribution in [0.25, 0.3) is 0 Å². The predicted octanol–water partition coefficient (Wildman–Crippen LogP) is 3.50.